The molecule has 4 aromatic rings. The molecular weight excluding hydrogens is 556 g/mol. The number of aliphatic hydroxyl groups is 1. The van der Waals surface area contributed by atoms with Crippen LogP contribution in [0.2, 0.25) is 0 Å². The third kappa shape index (κ3) is 5.94. The second-order valence-electron chi connectivity index (χ2n) is 12.7. The van der Waals surface area contributed by atoms with Crippen LogP contribution in [0.5, 0.6) is 5.75 Å². The Bertz CT molecular complexity index is 1650. The number of hydrogen-bond acceptors (Lipinski definition) is 7. The fourth-order valence-electron chi connectivity index (χ4n) is 6.52. The van der Waals surface area contributed by atoms with Crippen LogP contribution in [0, 0.1) is 6.92 Å². The highest BCUT2D eigenvalue weighted by atomic mass is 32.1. The average Bonchev–Trinajstić information content (AvgIpc) is 3.41. The number of thiophene rings is 1. The normalized spacial score (nSPS) is 22.8. The van der Waals surface area contributed by atoms with Crippen molar-refractivity contribution in [2.75, 3.05) is 20.2 Å². The number of likely N-dealkylation sites (tertiary alicyclic amines) is 1. The lowest BCUT2D eigenvalue weighted by Gasteiger charge is -2.37. The lowest BCUT2D eigenvalue weighted by atomic mass is 9.95. The maximum Gasteiger partial charge on any atom is 0.252 e. The highest BCUT2D eigenvalue weighted by Gasteiger charge is 2.47. The molecule has 3 heterocycles. The second-order valence-corrected chi connectivity index (χ2v) is 13.8. The van der Waals surface area contributed by atoms with Crippen molar-refractivity contribution >= 4 is 28.1 Å². The van der Waals surface area contributed by atoms with E-state index in [0.29, 0.717) is 24.3 Å². The Morgan fingerprint density at radius 2 is 2.02 bits per heavy atom. The Morgan fingerprint density at radius 1 is 1.14 bits per heavy atom. The Morgan fingerprint density at radius 3 is 2.77 bits per heavy atom. The third-order valence-corrected chi connectivity index (χ3v) is 10.7. The SMILES string of the molecule is Cc1ccc(OC[C@@H]2CCN2C)cc1C(=O)NC1(c2cc(-c3ccc(CN[C@H]4CC[C@@H](O)C4)s3)cc3ncccc23)CC1. The van der Waals surface area contributed by atoms with Gasteiger partial charge in [0.2, 0.25) is 0 Å². The topological polar surface area (TPSA) is 86.7 Å². The first-order chi connectivity index (χ1) is 20.9. The number of pyridine rings is 1. The van der Waals surface area contributed by atoms with E-state index in [1.807, 2.05) is 37.4 Å². The lowest BCUT2D eigenvalue weighted by Crippen LogP contribution is -2.48. The molecule has 0 spiro atoms. The van der Waals surface area contributed by atoms with Crippen LogP contribution in [0.25, 0.3) is 21.3 Å². The molecular formula is C35H40N4O3S. The number of carbonyl (C=O) groups excluding carboxylic acids is 1. The quantitative estimate of drug-likeness (QED) is 0.215. The van der Waals surface area contributed by atoms with E-state index in [2.05, 4.69) is 52.9 Å². The standard InChI is InChI=1S/C35H40N4O3S/c1-22-5-8-27(42-21-25-11-15-39(25)2)19-30(22)34(41)38-35(12-13-35)31-16-23(17-32-29(31)4-3-14-36-32)33-10-9-28(43-33)20-37-24-6-7-26(40)18-24/h3-5,8-10,14,16-17,19,24-26,37,40H,6-7,11-13,15,18,20-21H2,1-2H3,(H,38,41)/t24-,25-,26+/m0/s1. The highest BCUT2D eigenvalue weighted by molar-refractivity contribution is 7.15. The Kier molecular flexibility index (Phi) is 7.72. The van der Waals surface area contributed by atoms with E-state index in [0.717, 1.165) is 85.0 Å². The molecule has 8 heteroatoms. The molecule has 7 rings (SSSR count). The molecule has 3 fully saturated rings. The summed E-state index contributed by atoms with van der Waals surface area (Å²) in [5, 5.41) is 18.0. The van der Waals surface area contributed by atoms with Crippen LogP contribution < -0.4 is 15.4 Å². The van der Waals surface area contributed by atoms with Crippen LogP contribution in [-0.2, 0) is 12.1 Å². The minimum Gasteiger partial charge on any atom is -0.492 e. The van der Waals surface area contributed by atoms with Gasteiger partial charge in [-0.15, -0.1) is 11.3 Å². The van der Waals surface area contributed by atoms with E-state index in [1.165, 1.54) is 9.75 Å². The first-order valence-electron chi connectivity index (χ1n) is 15.5. The smallest absolute Gasteiger partial charge is 0.252 e. The number of nitrogens with zero attached hydrogens (tertiary/aromatic N) is 2. The molecule has 3 atom stereocenters. The summed E-state index contributed by atoms with van der Waals surface area (Å²) in [4.78, 5) is 23.3. The Hall–Kier alpha value is -3.30. The maximum atomic E-state index is 13.8. The van der Waals surface area contributed by atoms with Gasteiger partial charge in [-0.3, -0.25) is 14.7 Å². The summed E-state index contributed by atoms with van der Waals surface area (Å²) in [5.41, 5.74) is 4.38. The van der Waals surface area contributed by atoms with Gasteiger partial charge in [0.15, 0.2) is 0 Å². The number of nitrogens with one attached hydrogen (secondary N) is 2. The van der Waals surface area contributed by atoms with Gasteiger partial charge in [0.05, 0.1) is 17.2 Å². The van der Waals surface area contributed by atoms with E-state index in [-0.39, 0.29) is 12.0 Å². The third-order valence-electron chi connectivity index (χ3n) is 9.59. The Balaban J connectivity index is 1.12. The molecule has 1 aliphatic heterocycles. The van der Waals surface area contributed by atoms with Crippen molar-refractivity contribution in [1.29, 1.82) is 0 Å². The summed E-state index contributed by atoms with van der Waals surface area (Å²) in [5.74, 6) is 0.676. The van der Waals surface area contributed by atoms with Crippen molar-refractivity contribution in [2.24, 2.45) is 0 Å². The van der Waals surface area contributed by atoms with E-state index in [1.54, 1.807) is 11.3 Å². The van der Waals surface area contributed by atoms with Crippen LogP contribution in [-0.4, -0.2) is 59.3 Å². The van der Waals surface area contributed by atoms with Gasteiger partial charge in [0.1, 0.15) is 12.4 Å². The molecule has 2 saturated carbocycles. The van der Waals surface area contributed by atoms with E-state index < -0.39 is 5.54 Å². The minimum absolute atomic E-state index is 0.0647. The molecule has 3 aliphatic rings. The van der Waals surface area contributed by atoms with Crippen LogP contribution in [0.4, 0.5) is 0 Å². The molecule has 7 nitrogen and oxygen atoms in total. The number of rotatable bonds is 10. The molecule has 0 unspecified atom stereocenters. The van der Waals surface area contributed by atoms with Gasteiger partial charge >= 0.3 is 0 Å². The van der Waals surface area contributed by atoms with Gasteiger partial charge in [-0.05, 0) is 118 Å². The van der Waals surface area contributed by atoms with Gasteiger partial charge in [-0.1, -0.05) is 12.1 Å². The summed E-state index contributed by atoms with van der Waals surface area (Å²) in [6.07, 6.45) is 7.35. The van der Waals surface area contributed by atoms with Crippen LogP contribution in [0.15, 0.2) is 60.8 Å². The summed E-state index contributed by atoms with van der Waals surface area (Å²) < 4.78 is 6.09. The summed E-state index contributed by atoms with van der Waals surface area (Å²) >= 11 is 1.79. The molecule has 43 heavy (non-hydrogen) atoms. The summed E-state index contributed by atoms with van der Waals surface area (Å²) in [7, 11) is 2.12. The van der Waals surface area contributed by atoms with Crippen molar-refractivity contribution in [3.05, 3.63) is 82.4 Å². The average molecular weight is 597 g/mol. The number of aromatic nitrogens is 1. The number of benzene rings is 2. The maximum absolute atomic E-state index is 13.8. The molecule has 2 aliphatic carbocycles. The van der Waals surface area contributed by atoms with Gasteiger partial charge < -0.3 is 20.5 Å². The van der Waals surface area contributed by atoms with Crippen molar-refractivity contribution < 1.29 is 14.6 Å². The van der Waals surface area contributed by atoms with Crippen molar-refractivity contribution in [3.63, 3.8) is 0 Å². The predicted octanol–water partition coefficient (Wildman–Crippen LogP) is 5.78. The predicted molar refractivity (Wildman–Crippen MR) is 172 cm³/mol. The van der Waals surface area contributed by atoms with Gasteiger partial charge in [0, 0.05) is 45.5 Å². The number of ether oxygens (including phenoxy) is 1. The zero-order valence-electron chi connectivity index (χ0n) is 24.9. The van der Waals surface area contributed by atoms with E-state index in [9.17, 15) is 9.90 Å². The molecule has 1 saturated heterocycles. The molecule has 2 aromatic heterocycles. The fraction of sp³-hybridized carbons (Fsp3) is 0.429. The van der Waals surface area contributed by atoms with Crippen molar-refractivity contribution in [1.82, 2.24) is 20.5 Å². The van der Waals surface area contributed by atoms with Crippen LogP contribution in [0.1, 0.15) is 64.9 Å². The number of carbonyl (C=O) groups is 1. The molecule has 0 bridgehead atoms. The molecule has 3 N–H and O–H groups in total. The van der Waals surface area contributed by atoms with Crippen molar-refractivity contribution in [3.8, 4) is 16.2 Å². The molecule has 1 amide bonds. The number of aliphatic hydroxyl groups excluding tert-OH is 1. The zero-order chi connectivity index (χ0) is 29.6. The number of likely N-dealkylation sites (N-methyl/N-ethyl adjacent to an activating group) is 1. The number of fused-ring (bicyclic) bond motifs is 1. The molecule has 224 valence electrons. The molecule has 0 radical (unpaired) electrons. The molecule has 2 aromatic carbocycles. The van der Waals surface area contributed by atoms with E-state index in [4.69, 9.17) is 9.72 Å². The first kappa shape index (κ1) is 28.5. The number of aryl methyl sites for hydroxylation is 1. The lowest BCUT2D eigenvalue weighted by molar-refractivity contribution is 0.0767. The van der Waals surface area contributed by atoms with Crippen LogP contribution >= 0.6 is 11.3 Å². The van der Waals surface area contributed by atoms with E-state index >= 15 is 0 Å². The second kappa shape index (κ2) is 11.7. The number of amides is 1. The van der Waals surface area contributed by atoms with Gasteiger partial charge in [-0.25, -0.2) is 0 Å². The first-order valence-corrected chi connectivity index (χ1v) is 16.3. The highest BCUT2D eigenvalue weighted by Crippen LogP contribution is 2.49. The van der Waals surface area contributed by atoms with Gasteiger partial charge in [-0.2, -0.15) is 0 Å². The fourth-order valence-corrected chi connectivity index (χ4v) is 7.46. The summed E-state index contributed by atoms with van der Waals surface area (Å²) in [6.45, 7) is 4.54. The minimum atomic E-state index is -0.419. The monoisotopic (exact) mass is 596 g/mol. The largest absolute Gasteiger partial charge is 0.492 e. The van der Waals surface area contributed by atoms with Crippen molar-refractivity contribution in [2.45, 2.75) is 75.7 Å². The van der Waals surface area contributed by atoms with Crippen LogP contribution in [0.3, 0.4) is 0 Å². The zero-order valence-corrected chi connectivity index (χ0v) is 25.8. The number of hydrogen-bond donors (Lipinski definition) is 3. The Labute approximate surface area is 257 Å². The van der Waals surface area contributed by atoms with Gasteiger partial charge in [0.25, 0.3) is 5.91 Å². The summed E-state index contributed by atoms with van der Waals surface area (Å²) in [6, 6.07) is 19.6.